The van der Waals surface area contributed by atoms with Crippen LogP contribution in [0.5, 0.6) is 11.5 Å². The Balaban J connectivity index is 1.96. The van der Waals surface area contributed by atoms with Crippen molar-refractivity contribution in [2.24, 2.45) is 0 Å². The molecule has 2 aromatic carbocycles. The zero-order valence-electron chi connectivity index (χ0n) is 14.9. The molecule has 0 saturated heterocycles. The molecular formula is C20H17N3O3S. The average Bonchev–Trinajstić information content (AvgIpc) is 2.72. The smallest absolute Gasteiger partial charge is 0.270 e. The lowest BCUT2D eigenvalue weighted by Gasteiger charge is -2.13. The third-order valence-corrected chi connectivity index (χ3v) is 4.46. The fourth-order valence-electron chi connectivity index (χ4n) is 2.53. The minimum absolute atomic E-state index is 0.0344. The third-order valence-electron chi connectivity index (χ3n) is 3.88. The van der Waals surface area contributed by atoms with Crippen molar-refractivity contribution in [3.05, 3.63) is 70.0 Å². The van der Waals surface area contributed by atoms with Crippen molar-refractivity contribution in [1.82, 2.24) is 9.97 Å². The summed E-state index contributed by atoms with van der Waals surface area (Å²) in [6, 6.07) is 16.9. The Kier molecular flexibility index (Phi) is 5.79. The fraction of sp³-hybridized carbons (Fsp3) is 0.150. The molecule has 0 aliphatic heterocycles. The number of nitrogens with one attached hydrogen (secondary N) is 1. The Morgan fingerprint density at radius 2 is 1.96 bits per heavy atom. The summed E-state index contributed by atoms with van der Waals surface area (Å²) in [5, 5.41) is 9.78. The molecule has 1 N–H and O–H groups in total. The SMILES string of the molecule is COc1cc(-c2nc(SC)[nH]c(=O)c2C#N)ccc1OCc1ccccc1. The van der Waals surface area contributed by atoms with Crippen LogP contribution in [-0.2, 0) is 6.61 Å². The average molecular weight is 379 g/mol. The van der Waals surface area contributed by atoms with Gasteiger partial charge in [-0.1, -0.05) is 42.1 Å². The van der Waals surface area contributed by atoms with E-state index in [1.165, 1.54) is 18.9 Å². The molecule has 0 unspecified atom stereocenters. The number of thioether (sulfide) groups is 1. The van der Waals surface area contributed by atoms with Crippen LogP contribution in [0.1, 0.15) is 11.1 Å². The van der Waals surface area contributed by atoms with Crippen LogP contribution in [0.25, 0.3) is 11.3 Å². The molecule has 6 nitrogen and oxygen atoms in total. The lowest BCUT2D eigenvalue weighted by Crippen LogP contribution is -2.14. The first-order valence-electron chi connectivity index (χ1n) is 8.09. The van der Waals surface area contributed by atoms with Gasteiger partial charge in [-0.15, -0.1) is 0 Å². The molecule has 1 aromatic heterocycles. The second-order valence-electron chi connectivity index (χ2n) is 5.55. The van der Waals surface area contributed by atoms with Crippen molar-refractivity contribution in [2.45, 2.75) is 11.8 Å². The molecule has 27 heavy (non-hydrogen) atoms. The first kappa shape index (κ1) is 18.5. The molecule has 3 aromatic rings. The Morgan fingerprint density at radius 3 is 2.63 bits per heavy atom. The molecule has 136 valence electrons. The Bertz CT molecular complexity index is 1040. The van der Waals surface area contributed by atoms with E-state index in [2.05, 4.69) is 9.97 Å². The molecule has 0 atom stereocenters. The maximum absolute atomic E-state index is 12.1. The van der Waals surface area contributed by atoms with Gasteiger partial charge in [0.05, 0.1) is 12.8 Å². The van der Waals surface area contributed by atoms with Crippen LogP contribution >= 0.6 is 11.8 Å². The van der Waals surface area contributed by atoms with Crippen molar-refractivity contribution in [3.8, 4) is 28.8 Å². The van der Waals surface area contributed by atoms with Crippen LogP contribution in [0.15, 0.2) is 58.5 Å². The molecule has 0 radical (unpaired) electrons. The standard InChI is InChI=1S/C20H17N3O3S/c1-25-17-10-14(18-15(11-21)19(24)23-20(22-18)27-2)8-9-16(17)26-12-13-6-4-3-5-7-13/h3-10H,12H2,1-2H3,(H,22,23,24). The van der Waals surface area contributed by atoms with Crippen molar-refractivity contribution < 1.29 is 9.47 Å². The molecular weight excluding hydrogens is 362 g/mol. The van der Waals surface area contributed by atoms with Crippen LogP contribution in [0.4, 0.5) is 0 Å². The van der Waals surface area contributed by atoms with Crippen molar-refractivity contribution in [3.63, 3.8) is 0 Å². The summed E-state index contributed by atoms with van der Waals surface area (Å²) >= 11 is 1.30. The molecule has 0 spiro atoms. The van der Waals surface area contributed by atoms with Crippen molar-refractivity contribution >= 4 is 11.8 Å². The quantitative estimate of drug-likeness (QED) is 0.520. The first-order valence-corrected chi connectivity index (χ1v) is 9.32. The molecule has 1 heterocycles. The number of nitrogens with zero attached hydrogens (tertiary/aromatic N) is 2. The highest BCUT2D eigenvalue weighted by atomic mass is 32.2. The highest BCUT2D eigenvalue weighted by molar-refractivity contribution is 7.98. The van der Waals surface area contributed by atoms with Gasteiger partial charge in [0.15, 0.2) is 16.7 Å². The van der Waals surface area contributed by atoms with E-state index >= 15 is 0 Å². The number of ether oxygens (including phenoxy) is 2. The van der Waals surface area contributed by atoms with Crippen LogP contribution in [0.3, 0.4) is 0 Å². The summed E-state index contributed by atoms with van der Waals surface area (Å²) in [5.41, 5.74) is 1.47. The Labute approximate surface area is 160 Å². The largest absolute Gasteiger partial charge is 0.493 e. The Morgan fingerprint density at radius 1 is 1.19 bits per heavy atom. The van der Waals surface area contributed by atoms with E-state index in [0.29, 0.717) is 34.5 Å². The molecule has 7 heteroatoms. The molecule has 0 fully saturated rings. The number of methoxy groups -OCH3 is 1. The van der Waals surface area contributed by atoms with E-state index < -0.39 is 5.56 Å². The van der Waals surface area contributed by atoms with Gasteiger partial charge in [0, 0.05) is 5.56 Å². The number of hydrogen-bond donors (Lipinski definition) is 1. The van der Waals surface area contributed by atoms with Gasteiger partial charge in [-0.05, 0) is 30.0 Å². The van der Waals surface area contributed by atoms with Crippen molar-refractivity contribution in [1.29, 1.82) is 5.26 Å². The molecule has 0 saturated carbocycles. The number of nitriles is 1. The van der Waals surface area contributed by atoms with Crippen molar-refractivity contribution in [2.75, 3.05) is 13.4 Å². The number of rotatable bonds is 6. The lowest BCUT2D eigenvalue weighted by molar-refractivity contribution is 0.284. The maximum Gasteiger partial charge on any atom is 0.270 e. The van der Waals surface area contributed by atoms with Gasteiger partial charge < -0.3 is 14.5 Å². The zero-order valence-corrected chi connectivity index (χ0v) is 15.7. The van der Waals surface area contributed by atoms with Gasteiger partial charge in [0.25, 0.3) is 5.56 Å². The molecule has 0 aliphatic rings. The zero-order chi connectivity index (χ0) is 19.2. The highest BCUT2D eigenvalue weighted by Gasteiger charge is 2.15. The number of benzene rings is 2. The minimum atomic E-state index is -0.463. The molecule has 3 rings (SSSR count). The number of H-pyrrole nitrogens is 1. The number of aromatic nitrogens is 2. The minimum Gasteiger partial charge on any atom is -0.493 e. The Hall–Kier alpha value is -3.24. The van der Waals surface area contributed by atoms with Crippen LogP contribution < -0.4 is 15.0 Å². The second kappa shape index (κ2) is 8.43. The van der Waals surface area contributed by atoms with E-state index in [1.807, 2.05) is 36.4 Å². The van der Waals surface area contributed by atoms with E-state index in [0.717, 1.165) is 5.56 Å². The van der Waals surface area contributed by atoms with E-state index in [9.17, 15) is 10.1 Å². The van der Waals surface area contributed by atoms with E-state index in [-0.39, 0.29) is 5.56 Å². The van der Waals surface area contributed by atoms with Gasteiger partial charge in [-0.3, -0.25) is 4.79 Å². The third kappa shape index (κ3) is 4.13. The summed E-state index contributed by atoms with van der Waals surface area (Å²) in [6.07, 6.45) is 1.80. The summed E-state index contributed by atoms with van der Waals surface area (Å²) in [6.45, 7) is 0.403. The van der Waals surface area contributed by atoms with Crippen LogP contribution in [0.2, 0.25) is 0 Å². The second-order valence-corrected chi connectivity index (χ2v) is 6.35. The molecule has 0 amide bonds. The van der Waals surface area contributed by atoms with Crippen LogP contribution in [-0.4, -0.2) is 23.3 Å². The first-order chi connectivity index (χ1) is 13.2. The summed E-state index contributed by atoms with van der Waals surface area (Å²) in [5.74, 6) is 1.07. The van der Waals surface area contributed by atoms with Gasteiger partial charge >= 0.3 is 0 Å². The van der Waals surface area contributed by atoms with E-state index in [4.69, 9.17) is 9.47 Å². The highest BCUT2D eigenvalue weighted by Crippen LogP contribution is 2.33. The number of hydrogen-bond acceptors (Lipinski definition) is 6. The maximum atomic E-state index is 12.1. The molecule has 0 bridgehead atoms. The van der Waals surface area contributed by atoms with Gasteiger partial charge in [0.2, 0.25) is 0 Å². The summed E-state index contributed by atoms with van der Waals surface area (Å²) in [7, 11) is 1.54. The van der Waals surface area contributed by atoms with Gasteiger partial charge in [-0.25, -0.2) is 4.98 Å². The molecule has 0 aliphatic carbocycles. The summed E-state index contributed by atoms with van der Waals surface area (Å²) < 4.78 is 11.3. The fourth-order valence-corrected chi connectivity index (χ4v) is 2.91. The lowest BCUT2D eigenvalue weighted by atomic mass is 10.1. The monoisotopic (exact) mass is 379 g/mol. The normalized spacial score (nSPS) is 10.3. The van der Waals surface area contributed by atoms with E-state index in [1.54, 1.807) is 24.5 Å². The van der Waals surface area contributed by atoms with Gasteiger partial charge in [0.1, 0.15) is 18.2 Å². The van der Waals surface area contributed by atoms with Crippen LogP contribution in [0, 0.1) is 11.3 Å². The van der Waals surface area contributed by atoms with Gasteiger partial charge in [-0.2, -0.15) is 5.26 Å². The summed E-state index contributed by atoms with van der Waals surface area (Å²) in [4.78, 5) is 19.1. The predicted octanol–water partition coefficient (Wildman–Crippen LogP) is 3.62. The number of aromatic amines is 1. The topological polar surface area (TPSA) is 88.0 Å². The predicted molar refractivity (Wildman–Crippen MR) is 104 cm³/mol.